The summed E-state index contributed by atoms with van der Waals surface area (Å²) in [7, 11) is 0. The molecule has 1 saturated carbocycles. The standard InChI is InChI=1S/C17H18ClFN6/c18-9-4-12-13(7-22-15(12)21-6-9)16-23-8-14(19)17(25-16)24-11-3-1-2-10(20)5-11/h4,6-8,10-11H,1-3,5,20H2,(H,21,22)(H,23,24,25)/t10-,11+/m1/s1. The molecule has 25 heavy (non-hydrogen) atoms. The van der Waals surface area contributed by atoms with Crippen LogP contribution in [-0.2, 0) is 0 Å². The fourth-order valence-electron chi connectivity index (χ4n) is 3.31. The average Bonchev–Trinajstić information content (AvgIpc) is 3.00. The van der Waals surface area contributed by atoms with Crippen LogP contribution in [0.4, 0.5) is 10.2 Å². The average molecular weight is 361 g/mol. The van der Waals surface area contributed by atoms with Crippen molar-refractivity contribution in [2.45, 2.75) is 37.8 Å². The zero-order valence-corrected chi connectivity index (χ0v) is 14.2. The first-order valence-electron chi connectivity index (χ1n) is 8.28. The molecule has 130 valence electrons. The van der Waals surface area contributed by atoms with Crippen molar-refractivity contribution in [3.63, 3.8) is 0 Å². The Morgan fingerprint density at radius 1 is 1.28 bits per heavy atom. The lowest BCUT2D eigenvalue weighted by atomic mass is 9.92. The van der Waals surface area contributed by atoms with E-state index in [4.69, 9.17) is 17.3 Å². The van der Waals surface area contributed by atoms with Crippen molar-refractivity contribution in [3.05, 3.63) is 35.5 Å². The molecule has 0 spiro atoms. The fourth-order valence-corrected chi connectivity index (χ4v) is 3.47. The summed E-state index contributed by atoms with van der Waals surface area (Å²) < 4.78 is 14.2. The third kappa shape index (κ3) is 3.29. The predicted molar refractivity (Wildman–Crippen MR) is 95.9 cm³/mol. The third-order valence-corrected chi connectivity index (χ3v) is 4.75. The highest BCUT2D eigenvalue weighted by Crippen LogP contribution is 2.29. The number of pyridine rings is 1. The van der Waals surface area contributed by atoms with Gasteiger partial charge in [-0.3, -0.25) is 0 Å². The van der Waals surface area contributed by atoms with E-state index in [0.29, 0.717) is 16.5 Å². The molecule has 0 aromatic carbocycles. The first-order chi connectivity index (χ1) is 12.1. The summed E-state index contributed by atoms with van der Waals surface area (Å²) in [6.45, 7) is 0. The summed E-state index contributed by atoms with van der Waals surface area (Å²) >= 11 is 6.03. The molecule has 0 bridgehead atoms. The molecule has 0 saturated heterocycles. The van der Waals surface area contributed by atoms with Gasteiger partial charge in [0, 0.05) is 35.4 Å². The largest absolute Gasteiger partial charge is 0.365 e. The van der Waals surface area contributed by atoms with Crippen LogP contribution in [0, 0.1) is 5.82 Å². The third-order valence-electron chi connectivity index (χ3n) is 4.54. The molecule has 1 fully saturated rings. The van der Waals surface area contributed by atoms with E-state index in [1.54, 1.807) is 18.5 Å². The highest BCUT2D eigenvalue weighted by Gasteiger charge is 2.21. The van der Waals surface area contributed by atoms with Crippen molar-refractivity contribution in [2.24, 2.45) is 5.73 Å². The van der Waals surface area contributed by atoms with Gasteiger partial charge in [0.15, 0.2) is 17.5 Å². The number of nitrogens with zero attached hydrogens (tertiary/aromatic N) is 3. The van der Waals surface area contributed by atoms with Crippen molar-refractivity contribution in [1.82, 2.24) is 19.9 Å². The van der Waals surface area contributed by atoms with E-state index in [0.717, 1.165) is 36.6 Å². The number of nitrogens with two attached hydrogens (primary N) is 1. The topological polar surface area (TPSA) is 92.5 Å². The molecule has 1 aliphatic carbocycles. The van der Waals surface area contributed by atoms with Crippen LogP contribution in [0.15, 0.2) is 24.7 Å². The van der Waals surface area contributed by atoms with E-state index in [1.165, 1.54) is 6.20 Å². The van der Waals surface area contributed by atoms with Crippen molar-refractivity contribution < 1.29 is 4.39 Å². The van der Waals surface area contributed by atoms with Crippen LogP contribution >= 0.6 is 11.6 Å². The zero-order valence-electron chi connectivity index (χ0n) is 13.5. The predicted octanol–water partition coefficient (Wildman–Crippen LogP) is 3.49. The van der Waals surface area contributed by atoms with Crippen molar-refractivity contribution in [2.75, 3.05) is 5.32 Å². The summed E-state index contributed by atoms with van der Waals surface area (Å²) in [5.74, 6) is 0.145. The van der Waals surface area contributed by atoms with Crippen LogP contribution in [0.3, 0.4) is 0 Å². The summed E-state index contributed by atoms with van der Waals surface area (Å²) in [6.07, 6.45) is 8.31. The molecule has 0 aliphatic heterocycles. The van der Waals surface area contributed by atoms with Gasteiger partial charge in [0.05, 0.1) is 11.2 Å². The minimum Gasteiger partial charge on any atom is -0.365 e. The van der Waals surface area contributed by atoms with Crippen LogP contribution in [0.25, 0.3) is 22.4 Å². The lowest BCUT2D eigenvalue weighted by molar-refractivity contribution is 0.407. The molecular weight excluding hydrogens is 343 g/mol. The van der Waals surface area contributed by atoms with Gasteiger partial charge in [-0.1, -0.05) is 11.6 Å². The second-order valence-electron chi connectivity index (χ2n) is 6.41. The van der Waals surface area contributed by atoms with Gasteiger partial charge in [-0.15, -0.1) is 0 Å². The van der Waals surface area contributed by atoms with Gasteiger partial charge >= 0.3 is 0 Å². The molecule has 0 radical (unpaired) electrons. The van der Waals surface area contributed by atoms with E-state index in [2.05, 4.69) is 25.3 Å². The summed E-state index contributed by atoms with van der Waals surface area (Å²) in [4.78, 5) is 15.8. The number of hydrogen-bond donors (Lipinski definition) is 3. The summed E-state index contributed by atoms with van der Waals surface area (Å²) in [5, 5.41) is 4.50. The van der Waals surface area contributed by atoms with Gasteiger partial charge in [-0.2, -0.15) is 0 Å². The molecule has 3 heterocycles. The smallest absolute Gasteiger partial charge is 0.183 e. The molecule has 6 nitrogen and oxygen atoms in total. The number of aromatic amines is 1. The summed E-state index contributed by atoms with van der Waals surface area (Å²) in [6, 6.07) is 2.06. The number of H-pyrrole nitrogens is 1. The molecule has 3 aromatic heterocycles. The van der Waals surface area contributed by atoms with Crippen LogP contribution < -0.4 is 11.1 Å². The molecule has 2 atom stereocenters. The minimum absolute atomic E-state index is 0.125. The Kier molecular flexibility index (Phi) is 4.27. The normalized spacial score (nSPS) is 20.8. The van der Waals surface area contributed by atoms with Crippen molar-refractivity contribution in [1.29, 1.82) is 0 Å². The molecule has 0 unspecified atom stereocenters. The second kappa shape index (κ2) is 6.57. The van der Waals surface area contributed by atoms with E-state index >= 15 is 0 Å². The lowest BCUT2D eigenvalue weighted by Gasteiger charge is -2.27. The Bertz CT molecular complexity index is 911. The van der Waals surface area contributed by atoms with Gasteiger partial charge in [-0.25, -0.2) is 19.3 Å². The Morgan fingerprint density at radius 2 is 2.16 bits per heavy atom. The maximum Gasteiger partial charge on any atom is 0.183 e. The van der Waals surface area contributed by atoms with E-state index in [1.807, 2.05) is 0 Å². The number of halogens is 2. The van der Waals surface area contributed by atoms with Crippen LogP contribution in [-0.4, -0.2) is 32.0 Å². The fraction of sp³-hybridized carbons (Fsp3) is 0.353. The highest BCUT2D eigenvalue weighted by molar-refractivity contribution is 6.31. The number of anilines is 1. The highest BCUT2D eigenvalue weighted by atomic mass is 35.5. The summed E-state index contributed by atoms with van der Waals surface area (Å²) in [5.41, 5.74) is 7.42. The van der Waals surface area contributed by atoms with Gasteiger partial charge in [0.2, 0.25) is 0 Å². The van der Waals surface area contributed by atoms with E-state index in [-0.39, 0.29) is 17.9 Å². The zero-order chi connectivity index (χ0) is 17.4. The van der Waals surface area contributed by atoms with Gasteiger partial charge in [0.25, 0.3) is 0 Å². The molecule has 3 aromatic rings. The molecule has 1 aliphatic rings. The second-order valence-corrected chi connectivity index (χ2v) is 6.85. The van der Waals surface area contributed by atoms with Crippen LogP contribution in [0.2, 0.25) is 5.02 Å². The molecular formula is C17H18ClFN6. The number of hydrogen-bond acceptors (Lipinski definition) is 5. The van der Waals surface area contributed by atoms with Crippen molar-refractivity contribution >= 4 is 28.5 Å². The molecule has 0 amide bonds. The first-order valence-corrected chi connectivity index (χ1v) is 8.65. The van der Waals surface area contributed by atoms with Gasteiger partial charge < -0.3 is 16.0 Å². The number of nitrogens with one attached hydrogen (secondary N) is 2. The quantitative estimate of drug-likeness (QED) is 0.664. The maximum absolute atomic E-state index is 14.2. The minimum atomic E-state index is -0.473. The monoisotopic (exact) mass is 360 g/mol. The van der Waals surface area contributed by atoms with E-state index in [9.17, 15) is 4.39 Å². The number of rotatable bonds is 3. The molecule has 8 heteroatoms. The van der Waals surface area contributed by atoms with Gasteiger partial charge in [-0.05, 0) is 31.7 Å². The Balaban J connectivity index is 1.67. The van der Waals surface area contributed by atoms with Crippen LogP contribution in [0.1, 0.15) is 25.7 Å². The number of fused-ring (bicyclic) bond motifs is 1. The Labute approximate surface area is 149 Å². The molecule has 4 N–H and O–H groups in total. The Morgan fingerprint density at radius 3 is 3.00 bits per heavy atom. The van der Waals surface area contributed by atoms with Crippen molar-refractivity contribution in [3.8, 4) is 11.4 Å². The maximum atomic E-state index is 14.2. The first kappa shape index (κ1) is 16.2. The van der Waals surface area contributed by atoms with Crippen LogP contribution in [0.5, 0.6) is 0 Å². The Hall–Kier alpha value is -2.25. The van der Waals surface area contributed by atoms with E-state index < -0.39 is 5.82 Å². The number of aromatic nitrogens is 4. The lowest BCUT2D eigenvalue weighted by Crippen LogP contribution is -2.35. The molecule has 4 rings (SSSR count). The van der Waals surface area contributed by atoms with Gasteiger partial charge in [0.1, 0.15) is 5.65 Å². The SMILES string of the molecule is N[C@@H]1CCC[C@H](Nc2nc(-c3c[nH]c4ncc(Cl)cc34)ncc2F)C1.